The molecule has 0 aliphatic heterocycles. The number of rotatable bonds is 13. The van der Waals surface area contributed by atoms with Gasteiger partial charge in [-0.1, -0.05) is 42.5 Å². The van der Waals surface area contributed by atoms with Gasteiger partial charge in [-0.15, -0.1) is 0 Å². The second-order valence-corrected chi connectivity index (χ2v) is 9.13. The van der Waals surface area contributed by atoms with E-state index in [2.05, 4.69) is 4.74 Å². The number of aryl methyl sites for hydroxylation is 1. The first-order chi connectivity index (χ1) is 19.8. The van der Waals surface area contributed by atoms with Crippen LogP contribution in [-0.2, 0) is 13.0 Å². The lowest BCUT2D eigenvalue weighted by atomic mass is 10.1. The number of hydrogen-bond acceptors (Lipinski definition) is 5. The van der Waals surface area contributed by atoms with Gasteiger partial charge in [-0.2, -0.15) is 8.78 Å². The Hall–Kier alpha value is -4.92. The first-order valence-corrected chi connectivity index (χ1v) is 12.9. The summed E-state index contributed by atoms with van der Waals surface area (Å²) >= 11 is 0. The summed E-state index contributed by atoms with van der Waals surface area (Å²) < 4.78 is 40.5. The largest absolute Gasteiger partial charge is 0.497 e. The quantitative estimate of drug-likeness (QED) is 0.188. The molecule has 1 N–H and O–H groups in total. The topological polar surface area (TPSA) is 85.3 Å². The van der Waals surface area contributed by atoms with Gasteiger partial charge in [-0.05, 0) is 72.5 Å². The van der Waals surface area contributed by atoms with Crippen LogP contribution in [0.15, 0.2) is 97.1 Å². The van der Waals surface area contributed by atoms with Crippen LogP contribution in [0.2, 0.25) is 0 Å². The number of alkyl halides is 2. The minimum absolute atomic E-state index is 0.00460. The van der Waals surface area contributed by atoms with Crippen molar-refractivity contribution in [3.8, 4) is 23.0 Å². The van der Waals surface area contributed by atoms with Crippen molar-refractivity contribution < 1.29 is 37.7 Å². The number of carbonyl (C=O) groups excluding carboxylic acids is 1. The number of nitrogens with zero attached hydrogens (tertiary/aromatic N) is 1. The minimum atomic E-state index is -2.95. The Labute approximate surface area is 236 Å². The zero-order valence-corrected chi connectivity index (χ0v) is 22.3. The predicted octanol–water partition coefficient (Wildman–Crippen LogP) is 7.06. The summed E-state index contributed by atoms with van der Waals surface area (Å²) in [5, 5.41) is 9.50. The molecular formula is C32H29F2NO6. The van der Waals surface area contributed by atoms with E-state index in [4.69, 9.17) is 9.47 Å². The van der Waals surface area contributed by atoms with E-state index >= 15 is 0 Å². The summed E-state index contributed by atoms with van der Waals surface area (Å²) in [6.45, 7) is -2.19. The zero-order valence-electron chi connectivity index (χ0n) is 22.3. The van der Waals surface area contributed by atoms with Crippen LogP contribution in [0.1, 0.15) is 38.3 Å². The lowest BCUT2D eigenvalue weighted by Crippen LogP contribution is -2.31. The van der Waals surface area contributed by atoms with Crippen LogP contribution in [0.5, 0.6) is 23.0 Å². The Balaban J connectivity index is 1.49. The fraction of sp³-hybridized carbons (Fsp3) is 0.188. The van der Waals surface area contributed by atoms with Crippen molar-refractivity contribution in [2.45, 2.75) is 26.0 Å². The summed E-state index contributed by atoms with van der Waals surface area (Å²) in [7, 11) is 1.48. The van der Waals surface area contributed by atoms with Gasteiger partial charge in [0.2, 0.25) is 0 Å². The Morgan fingerprint density at radius 3 is 2.12 bits per heavy atom. The molecule has 41 heavy (non-hydrogen) atoms. The first-order valence-electron chi connectivity index (χ1n) is 12.9. The fourth-order valence-electron chi connectivity index (χ4n) is 4.23. The molecule has 0 saturated heterocycles. The summed E-state index contributed by atoms with van der Waals surface area (Å²) in [5.41, 5.74) is 2.33. The van der Waals surface area contributed by atoms with Crippen LogP contribution in [0, 0.1) is 0 Å². The maximum atomic E-state index is 13.4. The number of carboxylic acid groups (broad SMARTS) is 1. The molecule has 1 amide bonds. The Bertz CT molecular complexity index is 1440. The van der Waals surface area contributed by atoms with Gasteiger partial charge < -0.3 is 24.2 Å². The van der Waals surface area contributed by atoms with Gasteiger partial charge in [0, 0.05) is 24.7 Å². The summed E-state index contributed by atoms with van der Waals surface area (Å²) in [6.07, 6.45) is 1.50. The number of hydrogen-bond donors (Lipinski definition) is 1. The fourth-order valence-corrected chi connectivity index (χ4v) is 4.23. The Morgan fingerprint density at radius 1 is 0.829 bits per heavy atom. The molecule has 0 aliphatic rings. The molecule has 0 unspecified atom stereocenters. The second kappa shape index (κ2) is 13.9. The molecule has 0 saturated carbocycles. The maximum absolute atomic E-state index is 13.4. The highest BCUT2D eigenvalue weighted by Gasteiger charge is 2.18. The molecule has 212 valence electrons. The minimum Gasteiger partial charge on any atom is -0.497 e. The molecule has 0 radical (unpaired) electrons. The lowest BCUT2D eigenvalue weighted by Gasteiger charge is -2.23. The van der Waals surface area contributed by atoms with E-state index < -0.39 is 12.6 Å². The van der Waals surface area contributed by atoms with E-state index in [9.17, 15) is 23.5 Å². The van der Waals surface area contributed by atoms with Crippen molar-refractivity contribution in [1.82, 2.24) is 4.90 Å². The van der Waals surface area contributed by atoms with Crippen LogP contribution >= 0.6 is 0 Å². The van der Waals surface area contributed by atoms with Gasteiger partial charge in [0.25, 0.3) is 5.91 Å². The average Bonchev–Trinajstić information content (AvgIpc) is 2.97. The van der Waals surface area contributed by atoms with Gasteiger partial charge in [0.05, 0.1) is 7.11 Å². The third kappa shape index (κ3) is 8.28. The number of amides is 1. The molecule has 0 spiro atoms. The molecule has 0 aromatic heterocycles. The zero-order chi connectivity index (χ0) is 29.2. The molecule has 0 atom stereocenters. The van der Waals surface area contributed by atoms with Crippen LogP contribution in [0.3, 0.4) is 0 Å². The van der Waals surface area contributed by atoms with Crippen molar-refractivity contribution >= 4 is 11.9 Å². The number of benzene rings is 4. The van der Waals surface area contributed by atoms with E-state index in [0.29, 0.717) is 30.2 Å². The van der Waals surface area contributed by atoms with E-state index in [1.165, 1.54) is 43.5 Å². The smallest absolute Gasteiger partial charge is 0.387 e. The molecule has 4 aromatic rings. The van der Waals surface area contributed by atoms with Gasteiger partial charge in [0.1, 0.15) is 28.6 Å². The molecule has 4 aromatic carbocycles. The van der Waals surface area contributed by atoms with E-state index in [1.807, 2.05) is 30.3 Å². The standard InChI is InChI=1S/C32H29F2NO6/c1-39-27-17-18-28(31(37)38)29(20-27)40-25-13-9-23(10-14-25)21-35(19-5-8-22-6-3-2-4-7-22)30(36)24-11-15-26(16-12-24)41-32(33)34/h2-4,6-7,9-18,20,32H,5,8,19,21H2,1H3,(H,37,38). The molecule has 7 nitrogen and oxygen atoms in total. The second-order valence-electron chi connectivity index (χ2n) is 9.13. The number of aromatic carboxylic acids is 1. The number of carboxylic acids is 1. The van der Waals surface area contributed by atoms with E-state index in [-0.39, 0.29) is 23.0 Å². The van der Waals surface area contributed by atoms with E-state index in [0.717, 1.165) is 24.0 Å². The van der Waals surface area contributed by atoms with Crippen LogP contribution in [0.4, 0.5) is 8.78 Å². The normalized spacial score (nSPS) is 10.7. The lowest BCUT2D eigenvalue weighted by molar-refractivity contribution is -0.0498. The summed E-state index contributed by atoms with van der Waals surface area (Å²) in [6, 6.07) is 27.0. The SMILES string of the molecule is COc1ccc(C(=O)O)c(Oc2ccc(CN(CCCc3ccccc3)C(=O)c3ccc(OC(F)F)cc3)cc2)c1. The van der Waals surface area contributed by atoms with Crippen molar-refractivity contribution in [2.24, 2.45) is 0 Å². The van der Waals surface area contributed by atoms with Gasteiger partial charge in [-0.25, -0.2) is 4.79 Å². The number of methoxy groups -OCH3 is 1. The molecule has 0 aliphatic carbocycles. The average molecular weight is 562 g/mol. The molecule has 0 heterocycles. The summed E-state index contributed by atoms with van der Waals surface area (Å²) in [4.78, 5) is 26.8. The monoisotopic (exact) mass is 561 g/mol. The number of halogens is 2. The van der Waals surface area contributed by atoms with Crippen LogP contribution in [0.25, 0.3) is 0 Å². The molecule has 9 heteroatoms. The van der Waals surface area contributed by atoms with Crippen molar-refractivity contribution in [1.29, 1.82) is 0 Å². The Kier molecular flexibility index (Phi) is 9.88. The van der Waals surface area contributed by atoms with Gasteiger partial charge in [-0.3, -0.25) is 4.79 Å². The van der Waals surface area contributed by atoms with Crippen molar-refractivity contribution in [3.05, 3.63) is 119 Å². The van der Waals surface area contributed by atoms with Crippen molar-refractivity contribution in [3.63, 3.8) is 0 Å². The van der Waals surface area contributed by atoms with Crippen molar-refractivity contribution in [2.75, 3.05) is 13.7 Å². The molecule has 4 rings (SSSR count). The highest BCUT2D eigenvalue weighted by molar-refractivity contribution is 5.94. The Morgan fingerprint density at radius 2 is 1.49 bits per heavy atom. The molecule has 0 bridgehead atoms. The molecular weight excluding hydrogens is 532 g/mol. The highest BCUT2D eigenvalue weighted by Crippen LogP contribution is 2.30. The summed E-state index contributed by atoms with van der Waals surface area (Å²) in [5.74, 6) is -0.380. The first kappa shape index (κ1) is 29.1. The van der Waals surface area contributed by atoms with E-state index in [1.54, 1.807) is 35.2 Å². The third-order valence-electron chi connectivity index (χ3n) is 6.29. The van der Waals surface area contributed by atoms with Gasteiger partial charge >= 0.3 is 12.6 Å². The number of carbonyl (C=O) groups is 2. The molecule has 0 fully saturated rings. The van der Waals surface area contributed by atoms with Gasteiger partial charge in [0.15, 0.2) is 0 Å². The highest BCUT2D eigenvalue weighted by atomic mass is 19.3. The van der Waals surface area contributed by atoms with Crippen LogP contribution < -0.4 is 14.2 Å². The number of ether oxygens (including phenoxy) is 3. The third-order valence-corrected chi connectivity index (χ3v) is 6.29. The predicted molar refractivity (Wildman–Crippen MR) is 149 cm³/mol. The van der Waals surface area contributed by atoms with Crippen LogP contribution in [-0.4, -0.2) is 42.1 Å². The maximum Gasteiger partial charge on any atom is 0.387 e.